The molecular formula is C7H16N3O. The van der Waals surface area contributed by atoms with Gasteiger partial charge in [0.05, 0.1) is 0 Å². The highest BCUT2D eigenvalue weighted by atomic mass is 16.2. The zero-order chi connectivity index (χ0) is 8.85. The summed E-state index contributed by atoms with van der Waals surface area (Å²) in [6.45, 7) is 1.99. The van der Waals surface area contributed by atoms with Gasteiger partial charge in [0, 0.05) is 7.05 Å². The second-order valence-electron chi connectivity index (χ2n) is 2.40. The Kier molecular flexibility index (Phi) is 4.61. The number of nitrogens with zero attached hydrogens (tertiary/aromatic N) is 1. The number of rotatable bonds is 3. The third kappa shape index (κ3) is 3.83. The van der Waals surface area contributed by atoms with Crippen molar-refractivity contribution in [1.29, 1.82) is 0 Å². The topological polar surface area (TPSA) is 44.4 Å². The van der Waals surface area contributed by atoms with Crippen molar-refractivity contribution in [2.75, 3.05) is 21.1 Å². The van der Waals surface area contributed by atoms with Crippen LogP contribution in [0.25, 0.3) is 0 Å². The van der Waals surface area contributed by atoms with Gasteiger partial charge >= 0.3 is 6.03 Å². The predicted molar refractivity (Wildman–Crippen MR) is 44.8 cm³/mol. The third-order valence-corrected chi connectivity index (χ3v) is 1.36. The van der Waals surface area contributed by atoms with Crippen molar-refractivity contribution in [1.82, 2.24) is 15.5 Å². The van der Waals surface area contributed by atoms with Crippen LogP contribution in [-0.2, 0) is 0 Å². The van der Waals surface area contributed by atoms with E-state index in [1.807, 2.05) is 25.9 Å². The van der Waals surface area contributed by atoms with Gasteiger partial charge in [0.15, 0.2) is 0 Å². The van der Waals surface area contributed by atoms with Gasteiger partial charge < -0.3 is 10.6 Å². The van der Waals surface area contributed by atoms with Gasteiger partial charge in [0.1, 0.15) is 6.17 Å². The fourth-order valence-electron chi connectivity index (χ4n) is 0.710. The van der Waals surface area contributed by atoms with Gasteiger partial charge in [-0.1, -0.05) is 6.92 Å². The van der Waals surface area contributed by atoms with Crippen molar-refractivity contribution in [2.24, 2.45) is 0 Å². The molecule has 0 aliphatic carbocycles. The number of nitrogens with one attached hydrogen (secondary N) is 2. The lowest BCUT2D eigenvalue weighted by atomic mass is 10.3. The Morgan fingerprint density at radius 3 is 2.27 bits per heavy atom. The summed E-state index contributed by atoms with van der Waals surface area (Å²) in [4.78, 5) is 12.7. The molecule has 0 spiro atoms. The first-order valence-electron chi connectivity index (χ1n) is 3.63. The maximum Gasteiger partial charge on any atom is 0.316 e. The molecule has 0 fully saturated rings. The van der Waals surface area contributed by atoms with Crippen LogP contribution in [0.15, 0.2) is 0 Å². The average molecular weight is 158 g/mol. The first kappa shape index (κ1) is 10.2. The Morgan fingerprint density at radius 2 is 2.00 bits per heavy atom. The standard InChI is InChI=1S/C7H16N3O/c1-5-6(10(3)4)9-7(11)8-2/h5H2,1-4H3,(H2,8,9,11). The molecule has 4 nitrogen and oxygen atoms in total. The van der Waals surface area contributed by atoms with Crippen LogP contribution in [0.3, 0.4) is 0 Å². The van der Waals surface area contributed by atoms with E-state index < -0.39 is 0 Å². The lowest BCUT2D eigenvalue weighted by Crippen LogP contribution is -2.41. The Labute approximate surface area is 67.9 Å². The normalized spacial score (nSPS) is 10.4. The second-order valence-corrected chi connectivity index (χ2v) is 2.40. The summed E-state index contributed by atoms with van der Waals surface area (Å²) in [6.07, 6.45) is 1.73. The van der Waals surface area contributed by atoms with E-state index in [9.17, 15) is 4.79 Å². The van der Waals surface area contributed by atoms with Crippen molar-refractivity contribution in [3.8, 4) is 0 Å². The van der Waals surface area contributed by atoms with Gasteiger partial charge in [-0.25, -0.2) is 4.79 Å². The molecule has 0 aliphatic rings. The van der Waals surface area contributed by atoms with E-state index in [1.165, 1.54) is 0 Å². The summed E-state index contributed by atoms with van der Waals surface area (Å²) in [6, 6.07) is -0.171. The van der Waals surface area contributed by atoms with Crippen molar-refractivity contribution < 1.29 is 4.79 Å². The summed E-state index contributed by atoms with van der Waals surface area (Å²) >= 11 is 0. The first-order chi connectivity index (χ1) is 5.11. The van der Waals surface area contributed by atoms with Crippen molar-refractivity contribution in [3.05, 3.63) is 6.17 Å². The molecule has 0 aromatic heterocycles. The Morgan fingerprint density at radius 1 is 1.45 bits per heavy atom. The highest BCUT2D eigenvalue weighted by molar-refractivity contribution is 5.74. The molecule has 0 bridgehead atoms. The van der Waals surface area contributed by atoms with E-state index in [-0.39, 0.29) is 6.03 Å². The zero-order valence-corrected chi connectivity index (χ0v) is 7.56. The lowest BCUT2D eigenvalue weighted by molar-refractivity contribution is 0.235. The van der Waals surface area contributed by atoms with E-state index in [1.54, 1.807) is 7.05 Å². The van der Waals surface area contributed by atoms with Crippen LogP contribution in [0, 0.1) is 6.17 Å². The van der Waals surface area contributed by atoms with Crippen molar-refractivity contribution in [2.45, 2.75) is 13.3 Å². The molecule has 0 aromatic carbocycles. The predicted octanol–water partition coefficient (Wildman–Crippen LogP) is 0.376. The maximum atomic E-state index is 10.8. The molecule has 0 rings (SSSR count). The van der Waals surface area contributed by atoms with E-state index in [2.05, 4.69) is 10.6 Å². The minimum absolute atomic E-state index is 0.171. The van der Waals surface area contributed by atoms with Crippen LogP contribution in [-0.4, -0.2) is 32.1 Å². The molecule has 4 heteroatoms. The first-order valence-corrected chi connectivity index (χ1v) is 3.63. The fourth-order valence-corrected chi connectivity index (χ4v) is 0.710. The molecule has 1 radical (unpaired) electrons. The maximum absolute atomic E-state index is 10.8. The van der Waals surface area contributed by atoms with Crippen LogP contribution in [0.4, 0.5) is 4.79 Å². The van der Waals surface area contributed by atoms with E-state index in [0.717, 1.165) is 12.6 Å². The number of hydrogen-bond donors (Lipinski definition) is 2. The van der Waals surface area contributed by atoms with Crippen LogP contribution < -0.4 is 10.6 Å². The summed E-state index contributed by atoms with van der Waals surface area (Å²) in [5, 5.41) is 5.20. The van der Waals surface area contributed by atoms with Crippen LogP contribution in [0.5, 0.6) is 0 Å². The number of amides is 2. The summed E-state index contributed by atoms with van der Waals surface area (Å²) in [7, 11) is 5.39. The molecular weight excluding hydrogens is 142 g/mol. The highest BCUT2D eigenvalue weighted by Crippen LogP contribution is 2.02. The minimum Gasteiger partial charge on any atom is -0.341 e. The van der Waals surface area contributed by atoms with Gasteiger partial charge in [-0.3, -0.25) is 4.90 Å². The molecule has 0 saturated heterocycles. The average Bonchev–Trinajstić information content (AvgIpc) is 1.99. The zero-order valence-electron chi connectivity index (χ0n) is 7.56. The van der Waals surface area contributed by atoms with Gasteiger partial charge in [0.25, 0.3) is 0 Å². The summed E-state index contributed by atoms with van der Waals surface area (Å²) < 4.78 is 0. The molecule has 0 saturated carbocycles. The van der Waals surface area contributed by atoms with Crippen molar-refractivity contribution >= 4 is 6.03 Å². The van der Waals surface area contributed by atoms with E-state index in [0.29, 0.717) is 0 Å². The second kappa shape index (κ2) is 4.96. The molecule has 0 atom stereocenters. The third-order valence-electron chi connectivity index (χ3n) is 1.36. The van der Waals surface area contributed by atoms with Crippen LogP contribution in [0.1, 0.15) is 13.3 Å². The molecule has 65 valence electrons. The molecule has 11 heavy (non-hydrogen) atoms. The minimum atomic E-state index is -0.171. The largest absolute Gasteiger partial charge is 0.341 e. The number of carbonyl (C=O) groups excluding carboxylic acids is 1. The van der Waals surface area contributed by atoms with Gasteiger partial charge in [-0.15, -0.1) is 0 Å². The highest BCUT2D eigenvalue weighted by Gasteiger charge is 2.11. The fraction of sp³-hybridized carbons (Fsp3) is 0.714. The monoisotopic (exact) mass is 158 g/mol. The SMILES string of the molecule is CC[C](NC(=O)NC)N(C)C. The molecule has 0 aliphatic heterocycles. The Bertz CT molecular complexity index is 125. The van der Waals surface area contributed by atoms with Crippen LogP contribution in [0.2, 0.25) is 0 Å². The quantitative estimate of drug-likeness (QED) is 0.623. The Hall–Kier alpha value is -0.770. The molecule has 0 heterocycles. The van der Waals surface area contributed by atoms with Gasteiger partial charge in [-0.2, -0.15) is 0 Å². The van der Waals surface area contributed by atoms with E-state index in [4.69, 9.17) is 0 Å². The molecule has 2 amide bonds. The molecule has 0 unspecified atom stereocenters. The van der Waals surface area contributed by atoms with E-state index >= 15 is 0 Å². The summed E-state index contributed by atoms with van der Waals surface area (Å²) in [5.74, 6) is 0. The molecule has 2 N–H and O–H groups in total. The number of hydrogen-bond acceptors (Lipinski definition) is 2. The van der Waals surface area contributed by atoms with Crippen LogP contribution >= 0.6 is 0 Å². The smallest absolute Gasteiger partial charge is 0.316 e. The summed E-state index contributed by atoms with van der Waals surface area (Å²) in [5.41, 5.74) is 0. The number of urea groups is 1. The Balaban J connectivity index is 3.78. The van der Waals surface area contributed by atoms with Gasteiger partial charge in [0.2, 0.25) is 0 Å². The molecule has 0 aromatic rings. The van der Waals surface area contributed by atoms with Gasteiger partial charge in [-0.05, 0) is 20.5 Å². The lowest BCUT2D eigenvalue weighted by Gasteiger charge is -2.21. The van der Waals surface area contributed by atoms with Crippen molar-refractivity contribution in [3.63, 3.8) is 0 Å². The number of carbonyl (C=O) groups is 1.